The van der Waals surface area contributed by atoms with Gasteiger partial charge >= 0.3 is 5.91 Å². The molecule has 0 aliphatic heterocycles. The second kappa shape index (κ2) is 8.54. The number of hydrogen-bond donors (Lipinski definition) is 2. The van der Waals surface area contributed by atoms with Gasteiger partial charge in [-0.1, -0.05) is 25.1 Å². The van der Waals surface area contributed by atoms with Crippen molar-refractivity contribution in [2.24, 2.45) is 0 Å². The third-order valence-electron chi connectivity index (χ3n) is 5.16. The van der Waals surface area contributed by atoms with E-state index in [-0.39, 0.29) is 17.0 Å². The van der Waals surface area contributed by atoms with Gasteiger partial charge in [0.15, 0.2) is 11.5 Å². The van der Waals surface area contributed by atoms with Gasteiger partial charge in [0.1, 0.15) is 11.3 Å². The van der Waals surface area contributed by atoms with Gasteiger partial charge in [-0.05, 0) is 37.6 Å². The summed E-state index contributed by atoms with van der Waals surface area (Å²) < 4.78 is 12.1. The first-order valence-electron chi connectivity index (χ1n) is 10.1. The van der Waals surface area contributed by atoms with Crippen LogP contribution >= 0.6 is 0 Å². The topological polar surface area (TPSA) is 115 Å². The summed E-state index contributed by atoms with van der Waals surface area (Å²) in [5.74, 6) is -0.545. The first-order chi connectivity index (χ1) is 15.4. The molecule has 4 rings (SSSR count). The molecule has 2 aromatic carbocycles. The smallest absolute Gasteiger partial charge is 0.305 e. The summed E-state index contributed by atoms with van der Waals surface area (Å²) in [4.78, 5) is 38.1. The summed E-state index contributed by atoms with van der Waals surface area (Å²) in [6.45, 7) is 4.03. The molecule has 32 heavy (non-hydrogen) atoms. The number of hydrazine groups is 1. The molecular weight excluding hydrogens is 412 g/mol. The zero-order valence-corrected chi connectivity index (χ0v) is 17.9. The van der Waals surface area contributed by atoms with Crippen LogP contribution in [0.4, 0.5) is 0 Å². The summed E-state index contributed by atoms with van der Waals surface area (Å²) in [6.07, 6.45) is 0.680. The van der Waals surface area contributed by atoms with E-state index in [4.69, 9.17) is 9.15 Å². The van der Waals surface area contributed by atoms with Crippen LogP contribution in [0.5, 0.6) is 5.75 Å². The van der Waals surface area contributed by atoms with Crippen molar-refractivity contribution in [1.29, 1.82) is 0 Å². The molecule has 0 radical (unpaired) electrons. The van der Waals surface area contributed by atoms with Gasteiger partial charge in [0, 0.05) is 22.9 Å². The molecular formula is C23H22N4O5. The maximum atomic E-state index is 12.9. The summed E-state index contributed by atoms with van der Waals surface area (Å²) in [5, 5.41) is 5.74. The number of ether oxygens (including phenoxy) is 1. The van der Waals surface area contributed by atoms with Gasteiger partial charge in [-0.2, -0.15) is 5.10 Å². The number of nitrogens with zero attached hydrogens (tertiary/aromatic N) is 2. The third-order valence-corrected chi connectivity index (χ3v) is 5.16. The van der Waals surface area contributed by atoms with Crippen LogP contribution in [0.1, 0.15) is 40.0 Å². The molecule has 0 saturated heterocycles. The standard InChI is InChI=1S/C23H22N4O5/c1-4-11-27-23(30)16-8-6-5-7-15(16)19(26-27)21(28)24-25-22(29)20-13(2)17-12-14(31-3)9-10-18(17)32-20/h5-10,12H,4,11H2,1-3H3,(H,24,28)(H,25,29). The number of carbonyl (C=O) groups is 2. The third kappa shape index (κ3) is 3.68. The quantitative estimate of drug-likeness (QED) is 0.467. The van der Waals surface area contributed by atoms with E-state index in [0.29, 0.717) is 40.6 Å². The van der Waals surface area contributed by atoms with Crippen molar-refractivity contribution in [3.63, 3.8) is 0 Å². The number of benzene rings is 2. The predicted octanol–water partition coefficient (Wildman–Crippen LogP) is 2.94. The molecule has 0 aliphatic rings. The second-order valence-electron chi connectivity index (χ2n) is 7.25. The highest BCUT2D eigenvalue weighted by molar-refractivity contribution is 6.06. The monoisotopic (exact) mass is 434 g/mol. The highest BCUT2D eigenvalue weighted by atomic mass is 16.5. The van der Waals surface area contributed by atoms with Gasteiger partial charge in [-0.25, -0.2) is 4.68 Å². The molecule has 0 unspecified atom stereocenters. The molecule has 4 aromatic rings. The van der Waals surface area contributed by atoms with E-state index >= 15 is 0 Å². The van der Waals surface area contributed by atoms with Crippen LogP contribution in [-0.2, 0) is 6.54 Å². The minimum Gasteiger partial charge on any atom is -0.497 e. The lowest BCUT2D eigenvalue weighted by molar-refractivity contribution is 0.0829. The molecule has 9 heteroatoms. The Kier molecular flexibility index (Phi) is 5.63. The number of aromatic nitrogens is 2. The fourth-order valence-corrected chi connectivity index (χ4v) is 3.54. The van der Waals surface area contributed by atoms with E-state index in [2.05, 4.69) is 16.0 Å². The Morgan fingerprint density at radius 3 is 2.50 bits per heavy atom. The molecule has 2 heterocycles. The lowest BCUT2D eigenvalue weighted by atomic mass is 10.1. The van der Waals surface area contributed by atoms with Crippen molar-refractivity contribution in [3.05, 3.63) is 69.8 Å². The zero-order valence-electron chi connectivity index (χ0n) is 17.9. The average molecular weight is 434 g/mol. The summed E-state index contributed by atoms with van der Waals surface area (Å²) in [5.41, 5.74) is 5.66. The van der Waals surface area contributed by atoms with Crippen LogP contribution in [0, 0.1) is 6.92 Å². The number of furan rings is 1. The number of hydrogen-bond acceptors (Lipinski definition) is 6. The van der Waals surface area contributed by atoms with Crippen molar-refractivity contribution in [3.8, 4) is 5.75 Å². The van der Waals surface area contributed by atoms with Gasteiger partial charge in [-0.15, -0.1) is 0 Å². The molecule has 2 aromatic heterocycles. The Hall–Kier alpha value is -4.14. The van der Waals surface area contributed by atoms with E-state index in [1.54, 1.807) is 56.5 Å². The zero-order chi connectivity index (χ0) is 22.8. The number of carbonyl (C=O) groups excluding carboxylic acids is 2. The predicted molar refractivity (Wildman–Crippen MR) is 119 cm³/mol. The highest BCUT2D eigenvalue weighted by Gasteiger charge is 2.21. The number of fused-ring (bicyclic) bond motifs is 2. The van der Waals surface area contributed by atoms with Crippen LogP contribution in [-0.4, -0.2) is 28.7 Å². The van der Waals surface area contributed by atoms with Gasteiger partial charge in [0.2, 0.25) is 0 Å². The van der Waals surface area contributed by atoms with E-state index in [0.717, 1.165) is 5.39 Å². The SMILES string of the molecule is CCCn1nc(C(=O)NNC(=O)c2oc3ccc(OC)cc3c2C)c2ccccc2c1=O. The minimum absolute atomic E-state index is 0.0417. The van der Waals surface area contributed by atoms with Crippen LogP contribution in [0.3, 0.4) is 0 Å². The number of aryl methyl sites for hydroxylation is 2. The van der Waals surface area contributed by atoms with Crippen LogP contribution in [0.15, 0.2) is 51.7 Å². The van der Waals surface area contributed by atoms with E-state index in [1.807, 2.05) is 6.92 Å². The minimum atomic E-state index is -0.644. The molecule has 0 aliphatic carbocycles. The molecule has 0 fully saturated rings. The summed E-state index contributed by atoms with van der Waals surface area (Å²) in [6, 6.07) is 12.0. The van der Waals surface area contributed by atoms with E-state index in [1.165, 1.54) is 4.68 Å². The molecule has 0 atom stereocenters. The number of amides is 2. The highest BCUT2D eigenvalue weighted by Crippen LogP contribution is 2.28. The maximum Gasteiger partial charge on any atom is 0.305 e. The van der Waals surface area contributed by atoms with Crippen LogP contribution in [0.25, 0.3) is 21.7 Å². The lowest BCUT2D eigenvalue weighted by Crippen LogP contribution is -2.43. The van der Waals surface area contributed by atoms with Crippen molar-refractivity contribution >= 4 is 33.6 Å². The first kappa shape index (κ1) is 21.1. The molecule has 2 amide bonds. The Balaban J connectivity index is 1.60. The molecule has 9 nitrogen and oxygen atoms in total. The number of methoxy groups -OCH3 is 1. The van der Waals surface area contributed by atoms with Crippen LogP contribution < -0.4 is 21.1 Å². The van der Waals surface area contributed by atoms with Gasteiger partial charge < -0.3 is 9.15 Å². The fourth-order valence-electron chi connectivity index (χ4n) is 3.54. The summed E-state index contributed by atoms with van der Waals surface area (Å²) in [7, 11) is 1.56. The first-order valence-corrected chi connectivity index (χ1v) is 10.1. The molecule has 0 spiro atoms. The largest absolute Gasteiger partial charge is 0.497 e. The van der Waals surface area contributed by atoms with Crippen molar-refractivity contribution < 1.29 is 18.7 Å². The molecule has 164 valence electrons. The Labute approximate surface area is 182 Å². The normalized spacial score (nSPS) is 11.0. The van der Waals surface area contributed by atoms with Crippen molar-refractivity contribution in [2.45, 2.75) is 26.8 Å². The van der Waals surface area contributed by atoms with Gasteiger partial charge in [-0.3, -0.25) is 25.2 Å². The van der Waals surface area contributed by atoms with Gasteiger partial charge in [0.05, 0.1) is 12.5 Å². The molecule has 2 N–H and O–H groups in total. The van der Waals surface area contributed by atoms with E-state index < -0.39 is 11.8 Å². The second-order valence-corrected chi connectivity index (χ2v) is 7.25. The number of nitrogens with one attached hydrogen (secondary N) is 2. The molecule has 0 bridgehead atoms. The lowest BCUT2D eigenvalue weighted by Gasteiger charge is -2.11. The average Bonchev–Trinajstić information content (AvgIpc) is 3.15. The maximum absolute atomic E-state index is 12.9. The van der Waals surface area contributed by atoms with Crippen molar-refractivity contribution in [2.75, 3.05) is 7.11 Å². The molecule has 0 saturated carbocycles. The Bertz CT molecular complexity index is 1400. The Morgan fingerprint density at radius 1 is 1.06 bits per heavy atom. The van der Waals surface area contributed by atoms with E-state index in [9.17, 15) is 14.4 Å². The fraction of sp³-hybridized carbons (Fsp3) is 0.217. The Morgan fingerprint density at radius 2 is 1.78 bits per heavy atom. The summed E-state index contributed by atoms with van der Waals surface area (Å²) >= 11 is 0. The number of rotatable bonds is 5. The van der Waals surface area contributed by atoms with Gasteiger partial charge in [0.25, 0.3) is 11.5 Å². The van der Waals surface area contributed by atoms with Crippen molar-refractivity contribution in [1.82, 2.24) is 20.6 Å². The van der Waals surface area contributed by atoms with Crippen LogP contribution in [0.2, 0.25) is 0 Å².